The summed E-state index contributed by atoms with van der Waals surface area (Å²) in [5.41, 5.74) is 2.58. The predicted octanol–water partition coefficient (Wildman–Crippen LogP) is 2.30. The van der Waals surface area contributed by atoms with E-state index in [9.17, 15) is 4.79 Å². The van der Waals surface area contributed by atoms with Gasteiger partial charge >= 0.3 is 0 Å². The number of halogens is 1. The second-order valence-electron chi connectivity index (χ2n) is 3.71. The summed E-state index contributed by atoms with van der Waals surface area (Å²) in [6.07, 6.45) is 3.12. The van der Waals surface area contributed by atoms with Crippen molar-refractivity contribution in [2.45, 2.75) is 11.9 Å². The summed E-state index contributed by atoms with van der Waals surface area (Å²) in [4.78, 5) is 19.7. The first-order valence-corrected chi connectivity index (χ1v) is 6.60. The summed E-state index contributed by atoms with van der Waals surface area (Å²) >= 11 is 3.37. The van der Waals surface area contributed by atoms with Gasteiger partial charge in [0.1, 0.15) is 6.33 Å². The van der Waals surface area contributed by atoms with Crippen molar-refractivity contribution in [1.82, 2.24) is 15.3 Å². The Morgan fingerprint density at radius 3 is 2.61 bits per heavy atom. The van der Waals surface area contributed by atoms with Crippen LogP contribution in [-0.2, 0) is 11.9 Å². The molecule has 2 rings (SSSR count). The van der Waals surface area contributed by atoms with Gasteiger partial charge in [0.15, 0.2) is 0 Å². The van der Waals surface area contributed by atoms with Crippen molar-refractivity contribution >= 4 is 21.8 Å². The normalized spacial score (nSPS) is 10.1. The van der Waals surface area contributed by atoms with Gasteiger partial charge in [-0.25, -0.2) is 9.97 Å². The summed E-state index contributed by atoms with van der Waals surface area (Å²) in [6, 6.07) is 9.24. The molecule has 0 atom stereocenters. The first-order chi connectivity index (χ1) is 8.79. The lowest BCUT2D eigenvalue weighted by atomic mass is 10.1. The minimum absolute atomic E-state index is 0.102. The highest BCUT2D eigenvalue weighted by molar-refractivity contribution is 9.08. The topological polar surface area (TPSA) is 54.9 Å². The summed E-state index contributed by atoms with van der Waals surface area (Å²) in [5, 5.41) is 3.60. The van der Waals surface area contributed by atoms with E-state index in [1.54, 1.807) is 12.3 Å². The third kappa shape index (κ3) is 3.37. The largest absolute Gasteiger partial charge is 0.346 e. The average Bonchev–Trinajstić information content (AvgIpc) is 2.46. The fraction of sp³-hybridized carbons (Fsp3) is 0.154. The Morgan fingerprint density at radius 2 is 2.00 bits per heavy atom. The molecule has 0 unspecified atom stereocenters. The van der Waals surface area contributed by atoms with Gasteiger partial charge in [0.05, 0.1) is 12.2 Å². The zero-order chi connectivity index (χ0) is 12.8. The summed E-state index contributed by atoms with van der Waals surface area (Å²) in [5.74, 6) is -0.102. The summed E-state index contributed by atoms with van der Waals surface area (Å²) < 4.78 is 0. The SMILES string of the molecule is O=C(NCc1ccncn1)c1ccc(CBr)cc1. The van der Waals surface area contributed by atoms with Crippen LogP contribution in [-0.4, -0.2) is 15.9 Å². The van der Waals surface area contributed by atoms with E-state index in [-0.39, 0.29) is 5.91 Å². The van der Waals surface area contributed by atoms with Crippen LogP contribution in [0, 0.1) is 0 Å². The first-order valence-electron chi connectivity index (χ1n) is 5.47. The molecular weight excluding hydrogens is 294 g/mol. The van der Waals surface area contributed by atoms with Gasteiger partial charge in [-0.1, -0.05) is 28.1 Å². The van der Waals surface area contributed by atoms with Crippen LogP contribution in [0.5, 0.6) is 0 Å². The van der Waals surface area contributed by atoms with Gasteiger partial charge in [-0.05, 0) is 23.8 Å². The van der Waals surface area contributed by atoms with Crippen LogP contribution < -0.4 is 5.32 Å². The number of amides is 1. The quantitative estimate of drug-likeness (QED) is 0.882. The third-order valence-electron chi connectivity index (χ3n) is 2.44. The third-order valence-corrected chi connectivity index (χ3v) is 3.09. The maximum absolute atomic E-state index is 11.9. The predicted molar refractivity (Wildman–Crippen MR) is 72.3 cm³/mol. The molecular formula is C13H12BrN3O. The van der Waals surface area contributed by atoms with E-state index < -0.39 is 0 Å². The maximum atomic E-state index is 11.9. The van der Waals surface area contributed by atoms with Crippen LogP contribution in [0.3, 0.4) is 0 Å². The summed E-state index contributed by atoms with van der Waals surface area (Å²) in [6.45, 7) is 0.404. The van der Waals surface area contributed by atoms with E-state index >= 15 is 0 Å². The Morgan fingerprint density at radius 1 is 1.22 bits per heavy atom. The number of carbonyl (C=O) groups excluding carboxylic acids is 1. The van der Waals surface area contributed by atoms with Crippen LogP contribution in [0.25, 0.3) is 0 Å². The molecule has 1 aromatic heterocycles. The Kier molecular flexibility index (Phi) is 4.41. The monoisotopic (exact) mass is 305 g/mol. The molecule has 0 bridgehead atoms. The molecule has 92 valence electrons. The molecule has 0 spiro atoms. The van der Waals surface area contributed by atoms with Crippen molar-refractivity contribution in [3.05, 3.63) is 59.7 Å². The number of benzene rings is 1. The van der Waals surface area contributed by atoms with Crippen LogP contribution in [0.15, 0.2) is 42.9 Å². The standard InChI is InChI=1S/C13H12BrN3O/c14-7-10-1-3-11(4-2-10)13(18)16-8-12-5-6-15-9-17-12/h1-6,9H,7-8H2,(H,16,18). The number of carbonyl (C=O) groups is 1. The number of rotatable bonds is 4. The molecule has 0 aliphatic carbocycles. The number of alkyl halides is 1. The fourth-order valence-electron chi connectivity index (χ4n) is 1.44. The highest BCUT2D eigenvalue weighted by Gasteiger charge is 2.05. The van der Waals surface area contributed by atoms with E-state index in [4.69, 9.17) is 0 Å². The smallest absolute Gasteiger partial charge is 0.251 e. The van der Waals surface area contributed by atoms with Crippen molar-refractivity contribution < 1.29 is 4.79 Å². The maximum Gasteiger partial charge on any atom is 0.251 e. The fourth-order valence-corrected chi connectivity index (χ4v) is 1.81. The van der Waals surface area contributed by atoms with E-state index in [0.717, 1.165) is 16.6 Å². The minimum atomic E-state index is -0.102. The first kappa shape index (κ1) is 12.7. The zero-order valence-corrected chi connectivity index (χ0v) is 11.2. The van der Waals surface area contributed by atoms with Gasteiger partial charge in [-0.15, -0.1) is 0 Å². The molecule has 1 amide bonds. The molecule has 0 saturated carbocycles. The second-order valence-corrected chi connectivity index (χ2v) is 4.27. The number of nitrogens with one attached hydrogen (secondary N) is 1. The molecule has 4 nitrogen and oxygen atoms in total. The van der Waals surface area contributed by atoms with Gasteiger partial charge in [0, 0.05) is 17.1 Å². The number of nitrogens with zero attached hydrogens (tertiary/aromatic N) is 2. The Labute approximate surface area is 114 Å². The lowest BCUT2D eigenvalue weighted by molar-refractivity contribution is 0.0950. The van der Waals surface area contributed by atoms with Crippen molar-refractivity contribution in [2.75, 3.05) is 0 Å². The highest BCUT2D eigenvalue weighted by Crippen LogP contribution is 2.08. The molecule has 1 N–H and O–H groups in total. The lowest BCUT2D eigenvalue weighted by Crippen LogP contribution is -2.23. The van der Waals surface area contributed by atoms with E-state index in [1.807, 2.05) is 24.3 Å². The Bertz CT molecular complexity index is 514. The van der Waals surface area contributed by atoms with Crippen LogP contribution >= 0.6 is 15.9 Å². The zero-order valence-electron chi connectivity index (χ0n) is 9.64. The Hall–Kier alpha value is -1.75. The number of aromatic nitrogens is 2. The van der Waals surface area contributed by atoms with E-state index in [1.165, 1.54) is 6.33 Å². The van der Waals surface area contributed by atoms with E-state index in [0.29, 0.717) is 12.1 Å². The molecule has 2 aromatic rings. The van der Waals surface area contributed by atoms with Gasteiger partial charge in [-0.2, -0.15) is 0 Å². The number of hydrogen-bond acceptors (Lipinski definition) is 3. The number of hydrogen-bond donors (Lipinski definition) is 1. The molecule has 18 heavy (non-hydrogen) atoms. The van der Waals surface area contributed by atoms with Gasteiger partial charge < -0.3 is 5.32 Å². The molecule has 0 saturated heterocycles. The molecule has 0 fully saturated rings. The molecule has 0 radical (unpaired) electrons. The van der Waals surface area contributed by atoms with Crippen molar-refractivity contribution in [1.29, 1.82) is 0 Å². The highest BCUT2D eigenvalue weighted by atomic mass is 79.9. The van der Waals surface area contributed by atoms with Crippen molar-refractivity contribution in [3.63, 3.8) is 0 Å². The van der Waals surface area contributed by atoms with Crippen LogP contribution in [0.4, 0.5) is 0 Å². The van der Waals surface area contributed by atoms with Gasteiger partial charge in [-0.3, -0.25) is 4.79 Å². The molecule has 0 aliphatic rings. The molecule has 1 heterocycles. The lowest BCUT2D eigenvalue weighted by Gasteiger charge is -2.05. The summed E-state index contributed by atoms with van der Waals surface area (Å²) in [7, 11) is 0. The van der Waals surface area contributed by atoms with Gasteiger partial charge in [0.2, 0.25) is 0 Å². The van der Waals surface area contributed by atoms with Crippen LogP contribution in [0.2, 0.25) is 0 Å². The molecule has 1 aromatic carbocycles. The van der Waals surface area contributed by atoms with Crippen molar-refractivity contribution in [3.8, 4) is 0 Å². The van der Waals surface area contributed by atoms with Crippen molar-refractivity contribution in [2.24, 2.45) is 0 Å². The van der Waals surface area contributed by atoms with E-state index in [2.05, 4.69) is 31.2 Å². The van der Waals surface area contributed by atoms with Crippen LogP contribution in [0.1, 0.15) is 21.6 Å². The minimum Gasteiger partial charge on any atom is -0.346 e. The Balaban J connectivity index is 1.95. The molecule has 5 heteroatoms. The average molecular weight is 306 g/mol. The second kappa shape index (κ2) is 6.26. The van der Waals surface area contributed by atoms with Gasteiger partial charge in [0.25, 0.3) is 5.91 Å². The molecule has 0 aliphatic heterocycles.